The van der Waals surface area contributed by atoms with E-state index in [0.717, 1.165) is 24.2 Å². The minimum absolute atomic E-state index is 0.220. The lowest BCUT2D eigenvalue weighted by molar-refractivity contribution is 0.395. The van der Waals surface area contributed by atoms with Gasteiger partial charge in [-0.15, -0.1) is 0 Å². The van der Waals surface area contributed by atoms with Crippen molar-refractivity contribution >= 4 is 35.3 Å². The van der Waals surface area contributed by atoms with Crippen molar-refractivity contribution < 1.29 is 9.13 Å². The summed E-state index contributed by atoms with van der Waals surface area (Å²) in [5.41, 5.74) is 0. The molecule has 1 nitrogen and oxygen atoms in total. The van der Waals surface area contributed by atoms with Crippen molar-refractivity contribution in [2.75, 3.05) is 13.0 Å². The van der Waals surface area contributed by atoms with Crippen LogP contribution in [0.1, 0.15) is 0 Å². The molecule has 2 aromatic carbocycles. The van der Waals surface area contributed by atoms with Crippen molar-refractivity contribution in [2.45, 2.75) is 0 Å². The van der Waals surface area contributed by atoms with Gasteiger partial charge in [-0.05, 0) is 24.9 Å². The number of hydrogen-bond donors (Lipinski definition) is 0. The molecule has 0 saturated carbocycles. The molecule has 0 bridgehead atoms. The maximum atomic E-state index is 13.6. The van der Waals surface area contributed by atoms with Gasteiger partial charge >= 0.3 is 0 Å². The number of rotatable bonds is 3. The Labute approximate surface area is 104 Å². The van der Waals surface area contributed by atoms with E-state index in [9.17, 15) is 4.39 Å². The van der Waals surface area contributed by atoms with Gasteiger partial charge in [0.2, 0.25) is 0 Å². The summed E-state index contributed by atoms with van der Waals surface area (Å²) in [6.07, 6.45) is 0.669. The van der Waals surface area contributed by atoms with Crippen LogP contribution in [0, 0.1) is 5.82 Å². The predicted octanol–water partition coefficient (Wildman–Crippen LogP) is 4.39. The first-order valence-corrected chi connectivity index (χ1v) is 7.38. The monoisotopic (exact) mass is 300 g/mol. The third kappa shape index (κ3) is 2.21. The topological polar surface area (TPSA) is 9.23 Å². The first-order chi connectivity index (χ1) is 7.74. The van der Waals surface area contributed by atoms with Gasteiger partial charge in [0.25, 0.3) is 0 Å². The molecule has 0 radical (unpaired) electrons. The lowest BCUT2D eigenvalue weighted by atomic mass is 10.1. The molecular weight excluding hydrogens is 290 g/mol. The summed E-state index contributed by atoms with van der Waals surface area (Å²) in [6.45, 7) is 2.07. The van der Waals surface area contributed by atoms with Crippen LogP contribution in [-0.4, -0.2) is 13.0 Å². The minimum Gasteiger partial charge on any atom is -0.489 e. The normalized spacial score (nSPS) is 11.4. The number of ether oxygens (including phenoxy) is 1. The Morgan fingerprint density at radius 2 is 2.12 bits per heavy atom. The van der Waals surface area contributed by atoms with E-state index in [2.05, 4.69) is 22.6 Å². The molecule has 0 heterocycles. The minimum atomic E-state index is -0.220. The smallest absolute Gasteiger partial charge is 0.131 e. The molecule has 0 aromatic heterocycles. The lowest BCUT2D eigenvalue weighted by Crippen LogP contribution is -1.92. The fourth-order valence-corrected chi connectivity index (χ4v) is 2.41. The molecular formula is C12H11BrFOP. The fourth-order valence-electron chi connectivity index (χ4n) is 1.57. The summed E-state index contributed by atoms with van der Waals surface area (Å²) >= 11 is 3.43. The third-order valence-corrected chi connectivity index (χ3v) is 3.36. The Bertz CT molecular complexity index is 516. The van der Waals surface area contributed by atoms with E-state index in [1.165, 1.54) is 6.07 Å². The van der Waals surface area contributed by atoms with E-state index >= 15 is 0 Å². The van der Waals surface area contributed by atoms with Crippen molar-refractivity contribution in [3.05, 3.63) is 40.6 Å². The van der Waals surface area contributed by atoms with E-state index in [4.69, 9.17) is 4.74 Å². The summed E-state index contributed by atoms with van der Waals surface area (Å²) in [5, 5.41) is 1.40. The standard InChI is InChI=1S/C12H11BrFOP/c1-16-7-15-11-4-2-3-8-10(14)6-5-9(13)12(8)11/h2-6,16H,7H2,1H3. The molecule has 0 aliphatic carbocycles. The molecule has 16 heavy (non-hydrogen) atoms. The van der Waals surface area contributed by atoms with Gasteiger partial charge in [0.1, 0.15) is 17.9 Å². The third-order valence-electron chi connectivity index (χ3n) is 2.27. The van der Waals surface area contributed by atoms with Crippen LogP contribution in [0.3, 0.4) is 0 Å². The number of halogens is 2. The SMILES string of the molecule is CPCOc1cccc2c(F)ccc(Br)c12. The molecule has 0 fully saturated rings. The second kappa shape index (κ2) is 5.11. The van der Waals surface area contributed by atoms with Gasteiger partial charge in [-0.1, -0.05) is 36.6 Å². The molecule has 84 valence electrons. The summed E-state index contributed by atoms with van der Waals surface area (Å²) in [6, 6.07) is 8.60. The van der Waals surface area contributed by atoms with Crippen LogP contribution in [0.15, 0.2) is 34.8 Å². The van der Waals surface area contributed by atoms with Crippen molar-refractivity contribution in [3.63, 3.8) is 0 Å². The summed E-state index contributed by atoms with van der Waals surface area (Å²) in [4.78, 5) is 0. The highest BCUT2D eigenvalue weighted by atomic mass is 79.9. The molecule has 2 aromatic rings. The first-order valence-electron chi connectivity index (χ1n) is 4.88. The average Bonchev–Trinajstić information content (AvgIpc) is 2.31. The highest BCUT2D eigenvalue weighted by Crippen LogP contribution is 2.34. The van der Waals surface area contributed by atoms with Gasteiger partial charge < -0.3 is 4.74 Å². The zero-order valence-electron chi connectivity index (χ0n) is 8.76. The molecule has 1 unspecified atom stereocenters. The molecule has 0 amide bonds. The fraction of sp³-hybridized carbons (Fsp3) is 0.167. The van der Waals surface area contributed by atoms with Crippen LogP contribution in [0.2, 0.25) is 0 Å². The predicted molar refractivity (Wildman–Crippen MR) is 71.3 cm³/mol. The highest BCUT2D eigenvalue weighted by Gasteiger charge is 2.09. The molecule has 0 spiro atoms. The maximum Gasteiger partial charge on any atom is 0.131 e. The largest absolute Gasteiger partial charge is 0.489 e. The lowest BCUT2D eigenvalue weighted by Gasteiger charge is -2.10. The van der Waals surface area contributed by atoms with E-state index in [0.29, 0.717) is 11.7 Å². The van der Waals surface area contributed by atoms with Crippen LogP contribution < -0.4 is 4.74 Å². The van der Waals surface area contributed by atoms with E-state index in [1.54, 1.807) is 12.1 Å². The Morgan fingerprint density at radius 3 is 2.88 bits per heavy atom. The van der Waals surface area contributed by atoms with Gasteiger partial charge in [-0.3, -0.25) is 0 Å². The Morgan fingerprint density at radius 1 is 1.31 bits per heavy atom. The quantitative estimate of drug-likeness (QED) is 0.764. The van der Waals surface area contributed by atoms with Crippen LogP contribution >= 0.6 is 24.5 Å². The summed E-state index contributed by atoms with van der Waals surface area (Å²) < 4.78 is 20.1. The van der Waals surface area contributed by atoms with E-state index in [-0.39, 0.29) is 5.82 Å². The Hall–Kier alpha value is -0.660. The Balaban J connectivity index is 2.61. The molecule has 0 aliphatic rings. The maximum absolute atomic E-state index is 13.6. The summed E-state index contributed by atoms with van der Waals surface area (Å²) in [5.74, 6) is 0.515. The van der Waals surface area contributed by atoms with Gasteiger partial charge in [-0.2, -0.15) is 0 Å². The van der Waals surface area contributed by atoms with Gasteiger partial charge in [0, 0.05) is 15.2 Å². The van der Waals surface area contributed by atoms with Crippen molar-refractivity contribution in [2.24, 2.45) is 0 Å². The summed E-state index contributed by atoms with van der Waals surface area (Å²) in [7, 11) is 0.717. The molecule has 0 aliphatic heterocycles. The van der Waals surface area contributed by atoms with Crippen LogP contribution in [-0.2, 0) is 0 Å². The van der Waals surface area contributed by atoms with Crippen LogP contribution in [0.5, 0.6) is 5.75 Å². The molecule has 0 N–H and O–H groups in total. The zero-order valence-corrected chi connectivity index (χ0v) is 11.3. The van der Waals surface area contributed by atoms with Crippen molar-refractivity contribution in [3.8, 4) is 5.75 Å². The Kier molecular flexibility index (Phi) is 3.78. The molecule has 1 atom stereocenters. The average molecular weight is 301 g/mol. The molecule has 0 saturated heterocycles. The van der Waals surface area contributed by atoms with Gasteiger partial charge in [0.05, 0.1) is 0 Å². The second-order valence-corrected chi connectivity index (χ2v) is 5.20. The van der Waals surface area contributed by atoms with Gasteiger partial charge in [-0.25, -0.2) is 4.39 Å². The number of fused-ring (bicyclic) bond motifs is 1. The second-order valence-electron chi connectivity index (χ2n) is 3.35. The van der Waals surface area contributed by atoms with Crippen LogP contribution in [0.4, 0.5) is 4.39 Å². The first kappa shape index (κ1) is 11.8. The van der Waals surface area contributed by atoms with E-state index in [1.807, 2.05) is 12.1 Å². The number of benzene rings is 2. The van der Waals surface area contributed by atoms with Gasteiger partial charge in [0.15, 0.2) is 0 Å². The zero-order chi connectivity index (χ0) is 11.5. The van der Waals surface area contributed by atoms with Crippen molar-refractivity contribution in [1.82, 2.24) is 0 Å². The molecule has 4 heteroatoms. The molecule has 2 rings (SSSR count). The number of hydrogen-bond acceptors (Lipinski definition) is 1. The van der Waals surface area contributed by atoms with E-state index < -0.39 is 0 Å². The highest BCUT2D eigenvalue weighted by molar-refractivity contribution is 9.10. The van der Waals surface area contributed by atoms with Crippen LogP contribution in [0.25, 0.3) is 10.8 Å². The van der Waals surface area contributed by atoms with Crippen molar-refractivity contribution in [1.29, 1.82) is 0 Å².